The normalized spacial score (nSPS) is 19.2. The minimum Gasteiger partial charge on any atom is -0.396 e. The van der Waals surface area contributed by atoms with Gasteiger partial charge in [0.25, 0.3) is 5.91 Å². The van der Waals surface area contributed by atoms with Crippen molar-refractivity contribution in [3.05, 3.63) is 35.4 Å². The molecule has 2 unspecified atom stereocenters. The molecule has 1 aromatic carbocycles. The predicted octanol–water partition coefficient (Wildman–Crippen LogP) is 1.83. The van der Waals surface area contributed by atoms with Crippen LogP contribution >= 0.6 is 0 Å². The summed E-state index contributed by atoms with van der Waals surface area (Å²) in [6.07, 6.45) is 2.04. The molecule has 4 nitrogen and oxygen atoms in total. The van der Waals surface area contributed by atoms with E-state index >= 15 is 0 Å². The van der Waals surface area contributed by atoms with Gasteiger partial charge in [0.05, 0.1) is 6.61 Å². The lowest BCUT2D eigenvalue weighted by molar-refractivity contribution is -0.134. The Hall–Kier alpha value is -1.39. The smallest absolute Gasteiger partial charge is 0.253 e. The van der Waals surface area contributed by atoms with Crippen LogP contribution in [0.25, 0.3) is 0 Å². The van der Waals surface area contributed by atoms with Crippen LogP contribution in [0.15, 0.2) is 24.3 Å². The number of benzene rings is 1. The van der Waals surface area contributed by atoms with Gasteiger partial charge in [-0.3, -0.25) is 4.79 Å². The van der Waals surface area contributed by atoms with E-state index in [0.717, 1.165) is 24.8 Å². The second-order valence-electron chi connectivity index (χ2n) is 5.23. The van der Waals surface area contributed by atoms with Crippen LogP contribution in [0.2, 0.25) is 0 Å². The average Bonchev–Trinajstić information content (AvgIpc) is 2.50. The number of aliphatic hydroxyl groups excluding tert-OH is 1. The zero-order valence-electron chi connectivity index (χ0n) is 12.0. The molecular weight excluding hydrogens is 254 g/mol. The number of amides is 1. The molecule has 0 saturated heterocycles. The van der Waals surface area contributed by atoms with Crippen LogP contribution in [0.1, 0.15) is 37.0 Å². The van der Waals surface area contributed by atoms with E-state index in [1.165, 1.54) is 5.56 Å². The van der Waals surface area contributed by atoms with E-state index in [0.29, 0.717) is 19.1 Å². The lowest BCUT2D eigenvalue weighted by Crippen LogP contribution is -2.36. The Labute approximate surface area is 120 Å². The third kappa shape index (κ3) is 3.58. The number of ether oxygens (including phenoxy) is 1. The van der Waals surface area contributed by atoms with Crippen molar-refractivity contribution in [2.24, 2.45) is 5.92 Å². The number of nitrogens with one attached hydrogen (secondary N) is 1. The summed E-state index contributed by atoms with van der Waals surface area (Å²) in [5.41, 5.74) is 2.17. The molecule has 110 valence electrons. The molecule has 0 radical (unpaired) electrons. The first kappa shape index (κ1) is 15.0. The van der Waals surface area contributed by atoms with Gasteiger partial charge in [0.15, 0.2) is 6.10 Å². The van der Waals surface area contributed by atoms with Crippen LogP contribution in [-0.4, -0.2) is 30.8 Å². The number of hydrogen-bond acceptors (Lipinski definition) is 3. The molecule has 1 aliphatic heterocycles. The van der Waals surface area contributed by atoms with Crippen LogP contribution in [0, 0.1) is 5.92 Å². The Morgan fingerprint density at radius 3 is 3.05 bits per heavy atom. The van der Waals surface area contributed by atoms with Gasteiger partial charge in [-0.15, -0.1) is 0 Å². The monoisotopic (exact) mass is 277 g/mol. The quantitative estimate of drug-likeness (QED) is 0.834. The molecule has 1 amide bonds. The van der Waals surface area contributed by atoms with Crippen molar-refractivity contribution in [3.8, 4) is 0 Å². The summed E-state index contributed by atoms with van der Waals surface area (Å²) in [4.78, 5) is 12.3. The SMILES string of the molecule is CCC(CCO)CNC(=O)C1OCCc2ccccc21. The van der Waals surface area contributed by atoms with E-state index in [1.54, 1.807) is 0 Å². The molecule has 2 N–H and O–H groups in total. The molecule has 4 heteroatoms. The van der Waals surface area contributed by atoms with Crippen molar-refractivity contribution in [1.29, 1.82) is 0 Å². The van der Waals surface area contributed by atoms with E-state index in [9.17, 15) is 4.79 Å². The van der Waals surface area contributed by atoms with E-state index < -0.39 is 6.10 Å². The van der Waals surface area contributed by atoms with Crippen LogP contribution in [0.4, 0.5) is 0 Å². The molecule has 1 aromatic rings. The van der Waals surface area contributed by atoms with Crippen LogP contribution < -0.4 is 5.32 Å². The van der Waals surface area contributed by atoms with E-state index in [2.05, 4.69) is 18.3 Å². The fourth-order valence-corrected chi connectivity index (χ4v) is 2.58. The van der Waals surface area contributed by atoms with Gasteiger partial charge in [0.1, 0.15) is 0 Å². The second-order valence-corrected chi connectivity index (χ2v) is 5.23. The third-order valence-corrected chi connectivity index (χ3v) is 3.91. The van der Waals surface area contributed by atoms with Crippen molar-refractivity contribution in [3.63, 3.8) is 0 Å². The first-order valence-corrected chi connectivity index (χ1v) is 7.34. The zero-order valence-corrected chi connectivity index (χ0v) is 12.0. The van der Waals surface area contributed by atoms with Crippen molar-refractivity contribution >= 4 is 5.91 Å². The summed E-state index contributed by atoms with van der Waals surface area (Å²) in [5.74, 6) is 0.247. The van der Waals surface area contributed by atoms with Gasteiger partial charge >= 0.3 is 0 Å². The molecule has 0 spiro atoms. The highest BCUT2D eigenvalue weighted by Crippen LogP contribution is 2.27. The second kappa shape index (κ2) is 7.41. The average molecular weight is 277 g/mol. The standard InChI is InChI=1S/C16H23NO3/c1-2-12(7-9-18)11-17-16(19)15-14-6-4-3-5-13(14)8-10-20-15/h3-6,12,15,18H,2,7-11H2,1H3,(H,17,19). The Balaban J connectivity index is 1.97. The molecule has 2 rings (SSSR count). The maximum Gasteiger partial charge on any atom is 0.253 e. The Morgan fingerprint density at radius 2 is 2.30 bits per heavy atom. The minimum atomic E-state index is -0.494. The molecule has 2 atom stereocenters. The van der Waals surface area contributed by atoms with Gasteiger partial charge in [0.2, 0.25) is 0 Å². The summed E-state index contributed by atoms with van der Waals surface area (Å²) >= 11 is 0. The van der Waals surface area contributed by atoms with E-state index in [4.69, 9.17) is 9.84 Å². The first-order chi connectivity index (χ1) is 9.76. The number of carbonyl (C=O) groups excluding carboxylic acids is 1. The Bertz CT molecular complexity index is 447. The molecule has 0 bridgehead atoms. The van der Waals surface area contributed by atoms with Gasteiger partial charge in [-0.25, -0.2) is 0 Å². The van der Waals surface area contributed by atoms with Crippen molar-refractivity contribution in [2.45, 2.75) is 32.3 Å². The molecule has 0 saturated carbocycles. The summed E-state index contributed by atoms with van der Waals surface area (Å²) in [7, 11) is 0. The number of hydrogen-bond donors (Lipinski definition) is 2. The highest BCUT2D eigenvalue weighted by atomic mass is 16.5. The van der Waals surface area contributed by atoms with Gasteiger partial charge < -0.3 is 15.2 Å². The number of aliphatic hydroxyl groups is 1. The molecule has 0 aliphatic carbocycles. The fourth-order valence-electron chi connectivity index (χ4n) is 2.58. The summed E-state index contributed by atoms with van der Waals surface area (Å²) in [5, 5.41) is 11.9. The summed E-state index contributed by atoms with van der Waals surface area (Å²) in [6.45, 7) is 3.41. The number of carbonyl (C=O) groups is 1. The largest absolute Gasteiger partial charge is 0.396 e. The topological polar surface area (TPSA) is 58.6 Å². The molecule has 0 aromatic heterocycles. The molecule has 20 heavy (non-hydrogen) atoms. The maximum absolute atomic E-state index is 12.3. The number of rotatable bonds is 6. The minimum absolute atomic E-state index is 0.0754. The number of fused-ring (bicyclic) bond motifs is 1. The maximum atomic E-state index is 12.3. The van der Waals surface area contributed by atoms with Gasteiger partial charge in [-0.05, 0) is 29.9 Å². The van der Waals surface area contributed by atoms with Crippen LogP contribution in [0.5, 0.6) is 0 Å². The van der Waals surface area contributed by atoms with E-state index in [1.807, 2.05) is 18.2 Å². The molecule has 1 heterocycles. The molecule has 1 aliphatic rings. The lowest BCUT2D eigenvalue weighted by atomic mass is 9.97. The van der Waals surface area contributed by atoms with Crippen molar-refractivity contribution in [2.75, 3.05) is 19.8 Å². The predicted molar refractivity (Wildman–Crippen MR) is 77.3 cm³/mol. The summed E-state index contributed by atoms with van der Waals surface area (Å²) in [6, 6.07) is 7.95. The van der Waals surface area contributed by atoms with Crippen LogP contribution in [-0.2, 0) is 16.0 Å². The first-order valence-electron chi connectivity index (χ1n) is 7.34. The third-order valence-electron chi connectivity index (χ3n) is 3.91. The zero-order chi connectivity index (χ0) is 14.4. The Morgan fingerprint density at radius 1 is 1.50 bits per heavy atom. The fraction of sp³-hybridized carbons (Fsp3) is 0.562. The highest BCUT2D eigenvalue weighted by Gasteiger charge is 2.27. The lowest BCUT2D eigenvalue weighted by Gasteiger charge is -2.26. The molecular formula is C16H23NO3. The van der Waals surface area contributed by atoms with Gasteiger partial charge in [0, 0.05) is 13.2 Å². The summed E-state index contributed by atoms with van der Waals surface area (Å²) < 4.78 is 5.63. The van der Waals surface area contributed by atoms with Crippen LogP contribution in [0.3, 0.4) is 0 Å². The van der Waals surface area contributed by atoms with Gasteiger partial charge in [-0.2, -0.15) is 0 Å². The molecule has 0 fully saturated rings. The van der Waals surface area contributed by atoms with Gasteiger partial charge in [-0.1, -0.05) is 37.6 Å². The Kier molecular flexibility index (Phi) is 5.56. The van der Waals surface area contributed by atoms with Crippen molar-refractivity contribution < 1.29 is 14.6 Å². The highest BCUT2D eigenvalue weighted by molar-refractivity contribution is 5.82. The van der Waals surface area contributed by atoms with E-state index in [-0.39, 0.29) is 12.5 Å². The van der Waals surface area contributed by atoms with Crippen molar-refractivity contribution in [1.82, 2.24) is 5.32 Å².